The number of rotatable bonds is 2. The molecule has 2 aliphatic rings. The van der Waals surface area contributed by atoms with Crippen molar-refractivity contribution in [3.8, 4) is 0 Å². The lowest BCUT2D eigenvalue weighted by molar-refractivity contribution is 0.176. The smallest absolute Gasteiger partial charge is 0.318 e. The van der Waals surface area contributed by atoms with Crippen LogP contribution in [-0.4, -0.2) is 35.4 Å². The third-order valence-electron chi connectivity index (χ3n) is 4.46. The molecule has 2 amide bonds. The fraction of sp³-hybridized carbons (Fsp3) is 0.857. The van der Waals surface area contributed by atoms with Gasteiger partial charge in [0.05, 0.1) is 5.54 Å². The van der Waals surface area contributed by atoms with E-state index in [1.807, 2.05) is 4.90 Å². The van der Waals surface area contributed by atoms with Crippen LogP contribution in [0.5, 0.6) is 0 Å². The number of nitrogens with zero attached hydrogens (tertiary/aromatic N) is 1. The minimum Gasteiger partial charge on any atom is -0.386 e. The summed E-state index contributed by atoms with van der Waals surface area (Å²) in [5.41, 5.74) is 5.21. The zero-order chi connectivity index (χ0) is 13.7. The first-order chi connectivity index (χ1) is 9.14. The van der Waals surface area contributed by atoms with E-state index in [9.17, 15) is 4.79 Å². The molecule has 2 fully saturated rings. The van der Waals surface area contributed by atoms with Gasteiger partial charge in [0.15, 0.2) is 0 Å². The molecule has 1 aliphatic carbocycles. The molecule has 1 saturated carbocycles. The Balaban J connectivity index is 2.02. The van der Waals surface area contributed by atoms with E-state index in [4.69, 9.17) is 11.1 Å². The van der Waals surface area contributed by atoms with E-state index in [0.717, 1.165) is 51.6 Å². The number of piperidine rings is 1. The monoisotopic (exact) mass is 266 g/mol. The Morgan fingerprint density at radius 2 is 1.53 bits per heavy atom. The van der Waals surface area contributed by atoms with Crippen molar-refractivity contribution in [1.29, 1.82) is 5.41 Å². The van der Waals surface area contributed by atoms with Gasteiger partial charge in [-0.25, -0.2) is 4.79 Å². The van der Waals surface area contributed by atoms with E-state index in [-0.39, 0.29) is 11.9 Å². The van der Waals surface area contributed by atoms with Gasteiger partial charge in [0.2, 0.25) is 0 Å². The predicted molar refractivity (Wildman–Crippen MR) is 76.3 cm³/mol. The number of urea groups is 1. The van der Waals surface area contributed by atoms with Crippen molar-refractivity contribution in [3.05, 3.63) is 0 Å². The fourth-order valence-corrected chi connectivity index (χ4v) is 3.17. The van der Waals surface area contributed by atoms with Gasteiger partial charge in [-0.15, -0.1) is 0 Å². The van der Waals surface area contributed by atoms with Gasteiger partial charge in [0.1, 0.15) is 5.84 Å². The maximum absolute atomic E-state index is 12.4. The standard InChI is InChI=1S/C14H26N4O/c15-12(16)14(8-4-1-2-5-9-14)17-13(19)18-10-6-3-7-11-18/h1-11H2,(H3,15,16)(H,17,19). The molecular weight excluding hydrogens is 240 g/mol. The summed E-state index contributed by atoms with van der Waals surface area (Å²) in [5.74, 6) is 0.125. The minimum atomic E-state index is -0.592. The van der Waals surface area contributed by atoms with Crippen molar-refractivity contribution < 1.29 is 4.79 Å². The van der Waals surface area contributed by atoms with E-state index in [1.165, 1.54) is 19.3 Å². The second-order valence-corrected chi connectivity index (χ2v) is 5.89. The molecule has 0 aromatic rings. The molecule has 0 atom stereocenters. The molecule has 1 aliphatic heterocycles. The molecule has 0 unspecified atom stereocenters. The molecule has 0 spiro atoms. The van der Waals surface area contributed by atoms with Gasteiger partial charge in [-0.1, -0.05) is 25.7 Å². The zero-order valence-corrected chi connectivity index (χ0v) is 11.7. The Labute approximate surface area is 115 Å². The van der Waals surface area contributed by atoms with E-state index in [1.54, 1.807) is 0 Å². The summed E-state index contributed by atoms with van der Waals surface area (Å²) in [6, 6.07) is -0.0307. The molecule has 0 radical (unpaired) electrons. The van der Waals surface area contributed by atoms with Crippen LogP contribution in [0.2, 0.25) is 0 Å². The molecule has 0 aromatic heterocycles. The highest BCUT2D eigenvalue weighted by atomic mass is 16.2. The van der Waals surface area contributed by atoms with E-state index in [0.29, 0.717) is 0 Å². The van der Waals surface area contributed by atoms with E-state index in [2.05, 4.69) is 5.32 Å². The number of likely N-dealkylation sites (tertiary alicyclic amines) is 1. The van der Waals surface area contributed by atoms with E-state index < -0.39 is 5.54 Å². The minimum absolute atomic E-state index is 0.0307. The molecule has 4 N–H and O–H groups in total. The van der Waals surface area contributed by atoms with Crippen LogP contribution in [-0.2, 0) is 0 Å². The lowest BCUT2D eigenvalue weighted by Crippen LogP contribution is -2.60. The van der Waals surface area contributed by atoms with Gasteiger partial charge in [-0.05, 0) is 32.1 Å². The van der Waals surface area contributed by atoms with Gasteiger partial charge in [-0.3, -0.25) is 5.41 Å². The number of nitrogens with two attached hydrogens (primary N) is 1. The SMILES string of the molecule is N=C(N)C1(NC(=O)N2CCCCC2)CCCCCC1. The van der Waals surface area contributed by atoms with Crippen molar-refractivity contribution >= 4 is 11.9 Å². The summed E-state index contributed by atoms with van der Waals surface area (Å²) in [5, 5.41) is 11.0. The molecule has 1 heterocycles. The third-order valence-corrected chi connectivity index (χ3v) is 4.46. The Morgan fingerprint density at radius 1 is 1.00 bits per heavy atom. The lowest BCUT2D eigenvalue weighted by atomic mass is 9.89. The van der Waals surface area contributed by atoms with Gasteiger partial charge in [-0.2, -0.15) is 0 Å². The van der Waals surface area contributed by atoms with Crippen LogP contribution < -0.4 is 11.1 Å². The van der Waals surface area contributed by atoms with E-state index >= 15 is 0 Å². The number of nitrogens with one attached hydrogen (secondary N) is 2. The van der Waals surface area contributed by atoms with Crippen LogP contribution in [0, 0.1) is 5.41 Å². The van der Waals surface area contributed by atoms with Crippen molar-refractivity contribution in [2.45, 2.75) is 63.3 Å². The molecule has 5 heteroatoms. The van der Waals surface area contributed by atoms with Gasteiger partial charge >= 0.3 is 6.03 Å². The second-order valence-electron chi connectivity index (χ2n) is 5.89. The maximum Gasteiger partial charge on any atom is 0.318 e. The highest BCUT2D eigenvalue weighted by Crippen LogP contribution is 2.27. The third kappa shape index (κ3) is 3.39. The molecule has 0 aromatic carbocycles. The Morgan fingerprint density at radius 3 is 2.05 bits per heavy atom. The molecule has 1 saturated heterocycles. The second kappa shape index (κ2) is 6.26. The summed E-state index contributed by atoms with van der Waals surface area (Å²) in [6.45, 7) is 1.67. The average Bonchev–Trinajstić information content (AvgIpc) is 2.66. The van der Waals surface area contributed by atoms with Crippen molar-refractivity contribution in [1.82, 2.24) is 10.2 Å². The quantitative estimate of drug-likeness (QED) is 0.407. The van der Waals surface area contributed by atoms with Crippen molar-refractivity contribution in [2.75, 3.05) is 13.1 Å². The molecule has 2 rings (SSSR count). The first-order valence-corrected chi connectivity index (χ1v) is 7.56. The largest absolute Gasteiger partial charge is 0.386 e. The summed E-state index contributed by atoms with van der Waals surface area (Å²) in [4.78, 5) is 14.2. The first-order valence-electron chi connectivity index (χ1n) is 7.56. The molecule has 108 valence electrons. The van der Waals surface area contributed by atoms with Crippen LogP contribution in [0.25, 0.3) is 0 Å². The highest BCUT2D eigenvalue weighted by Gasteiger charge is 2.37. The Hall–Kier alpha value is -1.26. The number of hydrogen-bond donors (Lipinski definition) is 3. The number of hydrogen-bond acceptors (Lipinski definition) is 2. The van der Waals surface area contributed by atoms with Crippen LogP contribution in [0.15, 0.2) is 0 Å². The number of amidine groups is 1. The van der Waals surface area contributed by atoms with Gasteiger partial charge in [0.25, 0.3) is 0 Å². The highest BCUT2D eigenvalue weighted by molar-refractivity contribution is 5.91. The molecule has 0 bridgehead atoms. The number of amides is 2. The molecule has 5 nitrogen and oxygen atoms in total. The Bertz CT molecular complexity index is 328. The van der Waals surface area contributed by atoms with Crippen LogP contribution in [0.1, 0.15) is 57.8 Å². The predicted octanol–water partition coefficient (Wildman–Crippen LogP) is 2.21. The van der Waals surface area contributed by atoms with Crippen LogP contribution in [0.4, 0.5) is 4.79 Å². The van der Waals surface area contributed by atoms with Gasteiger partial charge < -0.3 is 16.0 Å². The zero-order valence-electron chi connectivity index (χ0n) is 11.7. The topological polar surface area (TPSA) is 82.2 Å². The van der Waals surface area contributed by atoms with Crippen LogP contribution in [0.3, 0.4) is 0 Å². The average molecular weight is 266 g/mol. The molecule has 19 heavy (non-hydrogen) atoms. The Kier molecular flexibility index (Phi) is 4.66. The van der Waals surface area contributed by atoms with Crippen molar-refractivity contribution in [3.63, 3.8) is 0 Å². The van der Waals surface area contributed by atoms with Gasteiger partial charge in [0, 0.05) is 13.1 Å². The summed E-state index contributed by atoms with van der Waals surface area (Å²) in [6.07, 6.45) is 9.43. The fourth-order valence-electron chi connectivity index (χ4n) is 3.17. The maximum atomic E-state index is 12.4. The van der Waals surface area contributed by atoms with Crippen molar-refractivity contribution in [2.24, 2.45) is 5.73 Å². The van der Waals surface area contributed by atoms with Crippen LogP contribution >= 0.6 is 0 Å². The number of carbonyl (C=O) groups is 1. The summed E-state index contributed by atoms with van der Waals surface area (Å²) in [7, 11) is 0. The summed E-state index contributed by atoms with van der Waals surface area (Å²) >= 11 is 0. The normalized spacial score (nSPS) is 23.5. The summed E-state index contributed by atoms with van der Waals surface area (Å²) < 4.78 is 0. The molecular formula is C14H26N4O. The number of carbonyl (C=O) groups excluding carboxylic acids is 1. The first kappa shape index (κ1) is 14.2. The lowest BCUT2D eigenvalue weighted by Gasteiger charge is -2.36.